The lowest BCUT2D eigenvalue weighted by molar-refractivity contribution is -0.135. The molecule has 2 atom stereocenters. The molecule has 4 N–H and O–H groups in total. The maximum Gasteiger partial charge on any atom is 0.252 e. The quantitative estimate of drug-likeness (QED) is 0.528. The summed E-state index contributed by atoms with van der Waals surface area (Å²) in [5.41, 5.74) is 6.41. The number of nitrogens with zero attached hydrogens (tertiary/aromatic N) is 2. The molecule has 31 heavy (non-hydrogen) atoms. The summed E-state index contributed by atoms with van der Waals surface area (Å²) in [4.78, 5) is 28.2. The van der Waals surface area contributed by atoms with E-state index in [0.29, 0.717) is 31.1 Å². The number of fused-ring (bicyclic) bond motifs is 2. The first-order valence-corrected chi connectivity index (χ1v) is 11.7. The Kier molecular flexibility index (Phi) is 7.94. The van der Waals surface area contributed by atoms with Gasteiger partial charge in [-0.1, -0.05) is 38.8 Å². The number of primary amides is 1. The number of aliphatic hydroxyl groups is 1. The van der Waals surface area contributed by atoms with Crippen molar-refractivity contribution in [2.75, 3.05) is 26.2 Å². The molecule has 1 aromatic carbocycles. The fourth-order valence-electron chi connectivity index (χ4n) is 5.50. The second kappa shape index (κ2) is 10.5. The van der Waals surface area contributed by atoms with Gasteiger partial charge in [0.15, 0.2) is 0 Å². The Labute approximate surface area is 185 Å². The Morgan fingerprint density at radius 2 is 1.84 bits per heavy atom. The zero-order chi connectivity index (χ0) is 22.5. The highest BCUT2D eigenvalue weighted by Crippen LogP contribution is 2.45. The van der Waals surface area contributed by atoms with E-state index in [0.717, 1.165) is 50.6 Å². The molecule has 2 fully saturated rings. The zero-order valence-electron chi connectivity index (χ0n) is 18.8. The first-order valence-electron chi connectivity index (χ1n) is 11.7. The molecule has 3 rings (SSSR count). The van der Waals surface area contributed by atoms with E-state index in [1.54, 1.807) is 12.1 Å². The van der Waals surface area contributed by atoms with Gasteiger partial charge in [0.05, 0.1) is 5.56 Å². The van der Waals surface area contributed by atoms with Crippen molar-refractivity contribution in [1.29, 1.82) is 0 Å². The van der Waals surface area contributed by atoms with Gasteiger partial charge in [0.2, 0.25) is 5.91 Å². The molecule has 0 spiro atoms. The van der Waals surface area contributed by atoms with Crippen molar-refractivity contribution in [2.45, 2.75) is 70.4 Å². The van der Waals surface area contributed by atoms with Crippen LogP contribution in [0, 0.1) is 5.92 Å². The monoisotopic (exact) mass is 431 g/mol. The van der Waals surface area contributed by atoms with Crippen molar-refractivity contribution in [2.24, 2.45) is 11.7 Å². The lowest BCUT2D eigenvalue weighted by atomic mass is 9.83. The Bertz CT molecular complexity index is 766. The molecule has 0 unspecified atom stereocenters. The number of hydrogen-bond donors (Lipinski definition) is 3. The third kappa shape index (κ3) is 5.21. The van der Waals surface area contributed by atoms with E-state index in [-0.39, 0.29) is 23.1 Å². The molecule has 0 aliphatic carbocycles. The second-order valence-corrected chi connectivity index (χ2v) is 9.08. The van der Waals surface area contributed by atoms with Crippen LogP contribution in [-0.2, 0) is 4.79 Å². The third-order valence-corrected chi connectivity index (χ3v) is 7.41. The predicted molar refractivity (Wildman–Crippen MR) is 120 cm³/mol. The number of hydrogen-bond acceptors (Lipinski definition) is 5. The molecule has 0 saturated carbocycles. The number of piperidine rings is 1. The van der Waals surface area contributed by atoms with Crippen LogP contribution in [0.25, 0.3) is 0 Å². The average molecular weight is 432 g/mol. The molecule has 172 valence electrons. The molecule has 2 heterocycles. The maximum absolute atomic E-state index is 12.3. The van der Waals surface area contributed by atoms with Crippen LogP contribution < -0.4 is 5.73 Å². The summed E-state index contributed by atoms with van der Waals surface area (Å²) in [6, 6.07) is 6.06. The van der Waals surface area contributed by atoms with Gasteiger partial charge in [-0.25, -0.2) is 0 Å². The van der Waals surface area contributed by atoms with Gasteiger partial charge in [0, 0.05) is 31.7 Å². The van der Waals surface area contributed by atoms with Crippen molar-refractivity contribution >= 4 is 11.8 Å². The summed E-state index contributed by atoms with van der Waals surface area (Å²) in [5.74, 6) is -0.114. The largest absolute Gasteiger partial charge is 0.507 e. The summed E-state index contributed by atoms with van der Waals surface area (Å²) in [7, 11) is 0. The number of aromatic hydroxyl groups is 1. The van der Waals surface area contributed by atoms with Crippen molar-refractivity contribution in [3.8, 4) is 5.75 Å². The van der Waals surface area contributed by atoms with Gasteiger partial charge in [-0.2, -0.15) is 0 Å². The zero-order valence-corrected chi connectivity index (χ0v) is 18.8. The highest BCUT2D eigenvalue weighted by Gasteiger charge is 2.41. The van der Waals surface area contributed by atoms with Crippen LogP contribution in [0.2, 0.25) is 0 Å². The Hall–Kier alpha value is -2.12. The summed E-state index contributed by atoms with van der Waals surface area (Å²) in [6.07, 6.45) is 6.11. The van der Waals surface area contributed by atoms with Crippen molar-refractivity contribution in [1.82, 2.24) is 9.80 Å². The average Bonchev–Trinajstić information content (AvgIpc) is 3.00. The first-order chi connectivity index (χ1) is 14.9. The fraction of sp³-hybridized carbons (Fsp3) is 0.667. The van der Waals surface area contributed by atoms with E-state index in [2.05, 4.69) is 18.7 Å². The van der Waals surface area contributed by atoms with E-state index in [1.165, 1.54) is 0 Å². The van der Waals surface area contributed by atoms with E-state index in [1.807, 2.05) is 11.0 Å². The minimum atomic E-state index is -0.606. The lowest BCUT2D eigenvalue weighted by Gasteiger charge is -2.40. The Balaban J connectivity index is 1.66. The smallest absolute Gasteiger partial charge is 0.252 e. The molecule has 7 heteroatoms. The normalized spacial score (nSPS) is 23.3. The number of para-hydroxylation sites is 1. The molecule has 7 nitrogen and oxygen atoms in total. The summed E-state index contributed by atoms with van der Waals surface area (Å²) >= 11 is 0. The minimum absolute atomic E-state index is 0.0257. The molecule has 2 aliphatic rings. The van der Waals surface area contributed by atoms with Gasteiger partial charge >= 0.3 is 0 Å². The molecule has 2 aliphatic heterocycles. The van der Waals surface area contributed by atoms with Gasteiger partial charge in [0.1, 0.15) is 12.4 Å². The number of carbonyl (C=O) groups excluding carboxylic acids is 2. The Morgan fingerprint density at radius 1 is 1.19 bits per heavy atom. The number of aliphatic hydroxyl groups excluding tert-OH is 1. The Morgan fingerprint density at radius 3 is 2.39 bits per heavy atom. The third-order valence-electron chi connectivity index (χ3n) is 7.41. The SMILES string of the molecule is CCC(CC)CN(CCN1[C@@H]2CC[C@@H]1CC(c1cccc(C(N)=O)c1O)C2)C(=O)CO. The van der Waals surface area contributed by atoms with Crippen LogP contribution in [0.15, 0.2) is 18.2 Å². The number of rotatable bonds is 10. The highest BCUT2D eigenvalue weighted by atomic mass is 16.3. The molecule has 0 aromatic heterocycles. The molecular weight excluding hydrogens is 394 g/mol. The molecule has 1 aromatic rings. The predicted octanol–water partition coefficient (Wildman–Crippen LogP) is 2.46. The van der Waals surface area contributed by atoms with Crippen molar-refractivity contribution < 1.29 is 19.8 Å². The van der Waals surface area contributed by atoms with Gasteiger partial charge < -0.3 is 20.8 Å². The second-order valence-electron chi connectivity index (χ2n) is 9.08. The van der Waals surface area contributed by atoms with E-state index in [4.69, 9.17) is 5.73 Å². The van der Waals surface area contributed by atoms with Gasteiger partial charge in [-0.05, 0) is 49.1 Å². The number of amides is 2. The topological polar surface area (TPSA) is 107 Å². The summed E-state index contributed by atoms with van der Waals surface area (Å²) in [5, 5.41) is 20.0. The van der Waals surface area contributed by atoms with Crippen LogP contribution >= 0.6 is 0 Å². The van der Waals surface area contributed by atoms with Crippen LogP contribution in [0.4, 0.5) is 0 Å². The standard InChI is InChI=1S/C24H37N3O4/c1-3-16(4-2)14-26(22(29)15-28)10-11-27-18-8-9-19(27)13-17(12-18)20-6-5-7-21(23(20)30)24(25)31/h5-7,16-19,28,30H,3-4,8-15H2,1-2H3,(H2,25,31)/t18-,19-/m1/s1. The van der Waals surface area contributed by atoms with E-state index in [9.17, 15) is 19.8 Å². The van der Waals surface area contributed by atoms with Crippen molar-refractivity contribution in [3.05, 3.63) is 29.3 Å². The van der Waals surface area contributed by atoms with Crippen molar-refractivity contribution in [3.63, 3.8) is 0 Å². The minimum Gasteiger partial charge on any atom is -0.507 e. The number of benzene rings is 1. The van der Waals surface area contributed by atoms with Crippen LogP contribution in [-0.4, -0.2) is 70.2 Å². The number of carbonyl (C=O) groups is 2. The van der Waals surface area contributed by atoms with Gasteiger partial charge in [-0.3, -0.25) is 14.5 Å². The molecule has 2 amide bonds. The first kappa shape index (κ1) is 23.5. The van der Waals surface area contributed by atoms with Crippen LogP contribution in [0.5, 0.6) is 5.75 Å². The molecule has 2 bridgehead atoms. The van der Waals surface area contributed by atoms with Gasteiger partial charge in [0.25, 0.3) is 5.91 Å². The lowest BCUT2D eigenvalue weighted by Crippen LogP contribution is -2.48. The fourth-order valence-corrected chi connectivity index (χ4v) is 5.50. The highest BCUT2D eigenvalue weighted by molar-refractivity contribution is 5.96. The van der Waals surface area contributed by atoms with E-state index < -0.39 is 12.5 Å². The molecule has 0 radical (unpaired) electrons. The maximum atomic E-state index is 12.3. The van der Waals surface area contributed by atoms with Crippen LogP contribution in [0.3, 0.4) is 0 Å². The summed E-state index contributed by atoms with van der Waals surface area (Å²) < 4.78 is 0. The molecular formula is C24H37N3O4. The molecule has 2 saturated heterocycles. The number of nitrogens with two attached hydrogens (primary N) is 1. The van der Waals surface area contributed by atoms with Crippen LogP contribution in [0.1, 0.15) is 74.2 Å². The van der Waals surface area contributed by atoms with E-state index >= 15 is 0 Å². The van der Waals surface area contributed by atoms with Gasteiger partial charge in [-0.15, -0.1) is 0 Å². The number of phenols is 1. The summed E-state index contributed by atoms with van der Waals surface area (Å²) in [6.45, 7) is 5.99.